The van der Waals surface area contributed by atoms with Gasteiger partial charge in [-0.25, -0.2) is 14.1 Å². The number of halogens is 1. The smallest absolute Gasteiger partial charge is 0.295 e. The van der Waals surface area contributed by atoms with E-state index in [1.54, 1.807) is 19.1 Å². The number of nitrogens with one attached hydrogen (secondary N) is 1. The molecule has 4 rings (SSSR count). The molecule has 0 radical (unpaired) electrons. The lowest BCUT2D eigenvalue weighted by Gasteiger charge is -2.10. The molecule has 0 saturated carbocycles. The molecule has 0 spiro atoms. The second-order valence-electron chi connectivity index (χ2n) is 6.02. The summed E-state index contributed by atoms with van der Waals surface area (Å²) in [5.74, 6) is 2.23. The van der Waals surface area contributed by atoms with Crippen LogP contribution in [-0.2, 0) is 0 Å². The summed E-state index contributed by atoms with van der Waals surface area (Å²) in [6, 6.07) is 13.8. The van der Waals surface area contributed by atoms with Crippen molar-refractivity contribution < 1.29 is 9.18 Å². The Balaban J connectivity index is 1.53. The number of benzene rings is 2. The van der Waals surface area contributed by atoms with Crippen LogP contribution >= 0.6 is 23.5 Å². The van der Waals surface area contributed by atoms with Gasteiger partial charge >= 0.3 is 0 Å². The number of rotatable bonds is 4. The van der Waals surface area contributed by atoms with Crippen molar-refractivity contribution in [1.82, 2.24) is 14.8 Å². The lowest BCUT2D eigenvalue weighted by atomic mass is 10.2. The van der Waals surface area contributed by atoms with E-state index in [0.717, 1.165) is 17.2 Å². The molecule has 1 fully saturated rings. The first-order chi connectivity index (χ1) is 13.1. The maximum Gasteiger partial charge on any atom is 0.295 e. The Bertz CT molecular complexity index is 968. The van der Waals surface area contributed by atoms with Gasteiger partial charge in [-0.3, -0.25) is 4.79 Å². The SMILES string of the molecule is Cc1nc(C(=O)Nc2cccc(C3SCCS3)c2)nn1-c1ccc(F)cc1. The van der Waals surface area contributed by atoms with Gasteiger partial charge < -0.3 is 5.32 Å². The number of hydrogen-bond acceptors (Lipinski definition) is 5. The van der Waals surface area contributed by atoms with Crippen LogP contribution in [0.5, 0.6) is 0 Å². The number of thioether (sulfide) groups is 2. The summed E-state index contributed by atoms with van der Waals surface area (Å²) in [4.78, 5) is 16.8. The van der Waals surface area contributed by atoms with Crippen molar-refractivity contribution in [3.05, 3.63) is 71.6 Å². The van der Waals surface area contributed by atoms with Gasteiger partial charge in [-0.1, -0.05) is 12.1 Å². The molecule has 1 aromatic heterocycles. The molecule has 0 unspecified atom stereocenters. The molecule has 1 saturated heterocycles. The molecule has 2 heterocycles. The van der Waals surface area contributed by atoms with Crippen molar-refractivity contribution in [3.63, 3.8) is 0 Å². The zero-order valence-corrected chi connectivity index (χ0v) is 16.2. The van der Waals surface area contributed by atoms with Gasteiger partial charge in [0, 0.05) is 17.2 Å². The maximum atomic E-state index is 13.1. The summed E-state index contributed by atoms with van der Waals surface area (Å²) in [7, 11) is 0. The number of nitrogens with zero attached hydrogens (tertiary/aromatic N) is 3. The van der Waals surface area contributed by atoms with E-state index in [9.17, 15) is 9.18 Å². The molecule has 138 valence electrons. The number of carbonyl (C=O) groups is 1. The van der Waals surface area contributed by atoms with Crippen LogP contribution in [0.25, 0.3) is 5.69 Å². The van der Waals surface area contributed by atoms with Crippen molar-refractivity contribution in [2.24, 2.45) is 0 Å². The van der Waals surface area contributed by atoms with Crippen LogP contribution in [-0.4, -0.2) is 32.2 Å². The first-order valence-corrected chi connectivity index (χ1v) is 10.5. The Kier molecular flexibility index (Phi) is 5.18. The molecule has 1 amide bonds. The Morgan fingerprint density at radius 1 is 1.19 bits per heavy atom. The first kappa shape index (κ1) is 18.1. The molecule has 2 aromatic carbocycles. The van der Waals surface area contributed by atoms with Crippen LogP contribution in [0.4, 0.5) is 10.1 Å². The predicted octanol–water partition coefficient (Wildman–Crippen LogP) is 4.45. The fourth-order valence-electron chi connectivity index (χ4n) is 2.81. The van der Waals surface area contributed by atoms with Crippen molar-refractivity contribution in [2.45, 2.75) is 11.5 Å². The molecule has 0 atom stereocenters. The quantitative estimate of drug-likeness (QED) is 0.701. The summed E-state index contributed by atoms with van der Waals surface area (Å²) >= 11 is 3.84. The van der Waals surface area contributed by atoms with E-state index < -0.39 is 0 Å². The van der Waals surface area contributed by atoms with E-state index in [4.69, 9.17) is 0 Å². The molecular formula is C19H17FN4OS2. The number of hydrogen-bond donors (Lipinski definition) is 1. The van der Waals surface area contributed by atoms with Gasteiger partial charge in [0.25, 0.3) is 5.91 Å². The number of amides is 1. The fraction of sp³-hybridized carbons (Fsp3) is 0.211. The van der Waals surface area contributed by atoms with E-state index in [-0.39, 0.29) is 17.5 Å². The number of aromatic nitrogens is 3. The molecular weight excluding hydrogens is 383 g/mol. The molecule has 3 aromatic rings. The highest BCUT2D eigenvalue weighted by atomic mass is 32.2. The van der Waals surface area contributed by atoms with Gasteiger partial charge in [0.15, 0.2) is 0 Å². The third-order valence-corrected chi connectivity index (χ3v) is 7.19. The number of carbonyl (C=O) groups excluding carboxylic acids is 1. The zero-order valence-electron chi connectivity index (χ0n) is 14.6. The van der Waals surface area contributed by atoms with Crippen molar-refractivity contribution in [2.75, 3.05) is 16.8 Å². The minimum atomic E-state index is -0.372. The largest absolute Gasteiger partial charge is 0.319 e. The van der Waals surface area contributed by atoms with Gasteiger partial charge in [0.2, 0.25) is 5.82 Å². The van der Waals surface area contributed by atoms with Crippen LogP contribution < -0.4 is 5.32 Å². The molecule has 1 aliphatic heterocycles. The van der Waals surface area contributed by atoms with E-state index in [2.05, 4.69) is 21.5 Å². The normalized spacial score (nSPS) is 14.4. The van der Waals surface area contributed by atoms with Crippen LogP contribution in [0, 0.1) is 12.7 Å². The summed E-state index contributed by atoms with van der Waals surface area (Å²) in [5, 5.41) is 7.14. The highest BCUT2D eigenvalue weighted by Crippen LogP contribution is 2.45. The standard InChI is InChI=1S/C19H17FN4OS2/c1-12-21-17(23-24(12)16-7-5-14(20)6-8-16)18(25)22-15-4-2-3-13(11-15)19-26-9-10-27-19/h2-8,11,19H,9-10H2,1H3,(H,22,25). The first-order valence-electron chi connectivity index (χ1n) is 8.44. The third kappa shape index (κ3) is 4.01. The Hall–Kier alpha value is -2.32. The average Bonchev–Trinajstić information content (AvgIpc) is 3.33. The molecule has 5 nitrogen and oxygen atoms in total. The number of anilines is 1. The second-order valence-corrected chi connectivity index (χ2v) is 8.75. The van der Waals surface area contributed by atoms with Crippen molar-refractivity contribution in [1.29, 1.82) is 0 Å². The maximum absolute atomic E-state index is 13.1. The van der Waals surface area contributed by atoms with Crippen molar-refractivity contribution >= 4 is 35.1 Å². The van der Waals surface area contributed by atoms with Crippen LogP contribution in [0.1, 0.15) is 26.6 Å². The molecule has 1 aliphatic rings. The Morgan fingerprint density at radius 3 is 2.67 bits per heavy atom. The minimum absolute atomic E-state index is 0.0758. The third-order valence-electron chi connectivity index (χ3n) is 4.08. The molecule has 0 aliphatic carbocycles. The monoisotopic (exact) mass is 400 g/mol. The Labute approximate surface area is 164 Å². The van der Waals surface area contributed by atoms with Gasteiger partial charge in [0.1, 0.15) is 11.6 Å². The van der Waals surface area contributed by atoms with E-state index in [0.29, 0.717) is 16.1 Å². The van der Waals surface area contributed by atoms with Crippen LogP contribution in [0.15, 0.2) is 48.5 Å². The van der Waals surface area contributed by atoms with E-state index in [1.807, 2.05) is 41.7 Å². The van der Waals surface area contributed by atoms with Crippen LogP contribution in [0.2, 0.25) is 0 Å². The van der Waals surface area contributed by atoms with Gasteiger partial charge in [0.05, 0.1) is 10.3 Å². The van der Waals surface area contributed by atoms with Crippen LogP contribution in [0.3, 0.4) is 0 Å². The van der Waals surface area contributed by atoms with Crippen molar-refractivity contribution in [3.8, 4) is 5.69 Å². The summed E-state index contributed by atoms with van der Waals surface area (Å²) in [5.41, 5.74) is 2.57. The molecule has 27 heavy (non-hydrogen) atoms. The predicted molar refractivity (Wildman–Crippen MR) is 108 cm³/mol. The fourth-order valence-corrected chi connectivity index (χ4v) is 5.65. The highest BCUT2D eigenvalue weighted by molar-refractivity contribution is 8.19. The average molecular weight is 401 g/mol. The number of aryl methyl sites for hydroxylation is 1. The lowest BCUT2D eigenvalue weighted by Crippen LogP contribution is -2.14. The zero-order chi connectivity index (χ0) is 18.8. The lowest BCUT2D eigenvalue weighted by molar-refractivity contribution is 0.101. The molecule has 1 N–H and O–H groups in total. The summed E-state index contributed by atoms with van der Waals surface area (Å²) < 4.78 is 15.1. The minimum Gasteiger partial charge on any atom is -0.319 e. The topological polar surface area (TPSA) is 59.8 Å². The molecule has 0 bridgehead atoms. The summed E-state index contributed by atoms with van der Waals surface area (Å²) in [6.45, 7) is 1.75. The van der Waals surface area contributed by atoms with E-state index >= 15 is 0 Å². The van der Waals surface area contributed by atoms with Gasteiger partial charge in [-0.15, -0.1) is 28.6 Å². The summed E-state index contributed by atoms with van der Waals surface area (Å²) in [6.07, 6.45) is 0. The van der Waals surface area contributed by atoms with Gasteiger partial charge in [-0.2, -0.15) is 0 Å². The van der Waals surface area contributed by atoms with E-state index in [1.165, 1.54) is 22.4 Å². The highest BCUT2D eigenvalue weighted by Gasteiger charge is 2.19. The van der Waals surface area contributed by atoms with Gasteiger partial charge in [-0.05, 0) is 48.9 Å². The Morgan fingerprint density at radius 2 is 1.93 bits per heavy atom. The molecule has 8 heteroatoms. The second kappa shape index (κ2) is 7.74.